The van der Waals surface area contributed by atoms with Crippen molar-refractivity contribution in [3.63, 3.8) is 0 Å². The van der Waals surface area contributed by atoms with Crippen LogP contribution in [-0.4, -0.2) is 59.3 Å². The van der Waals surface area contributed by atoms with Crippen LogP contribution in [0.3, 0.4) is 0 Å². The number of ether oxygens (including phenoxy) is 2. The van der Waals surface area contributed by atoms with E-state index in [0.29, 0.717) is 43.8 Å². The first-order chi connectivity index (χ1) is 10.8. The van der Waals surface area contributed by atoms with Crippen molar-refractivity contribution in [3.05, 3.63) is 11.2 Å². The number of hydrogen-bond acceptors (Lipinski definition) is 6. The monoisotopic (exact) mass is 342 g/mol. The van der Waals surface area contributed by atoms with E-state index in [9.17, 15) is 4.79 Å². The van der Waals surface area contributed by atoms with Gasteiger partial charge in [0.1, 0.15) is 16.6 Å². The highest BCUT2D eigenvalue weighted by molar-refractivity contribution is 6.29. The van der Waals surface area contributed by atoms with Crippen molar-refractivity contribution in [2.75, 3.05) is 37.7 Å². The number of aromatic nitrogens is 2. The number of amides is 1. The minimum atomic E-state index is -0.485. The van der Waals surface area contributed by atoms with Crippen LogP contribution in [0, 0.1) is 0 Å². The molecule has 1 fully saturated rings. The largest absolute Gasteiger partial charge is 0.464 e. The van der Waals surface area contributed by atoms with Crippen molar-refractivity contribution in [2.45, 2.75) is 33.3 Å². The van der Waals surface area contributed by atoms with Crippen LogP contribution in [0.25, 0.3) is 0 Å². The van der Waals surface area contributed by atoms with Crippen LogP contribution >= 0.6 is 11.6 Å². The van der Waals surface area contributed by atoms with Gasteiger partial charge in [0.2, 0.25) is 0 Å². The Morgan fingerprint density at radius 1 is 1.26 bits per heavy atom. The third kappa shape index (κ3) is 5.13. The predicted molar refractivity (Wildman–Crippen MR) is 88.2 cm³/mol. The van der Waals surface area contributed by atoms with Gasteiger partial charge in [0.05, 0.1) is 6.61 Å². The second-order valence-corrected chi connectivity index (χ2v) is 6.61. The maximum absolute atomic E-state index is 12.1. The number of hydrogen-bond donors (Lipinski definition) is 0. The summed E-state index contributed by atoms with van der Waals surface area (Å²) in [4.78, 5) is 24.2. The fraction of sp³-hybridized carbons (Fsp3) is 0.667. The highest BCUT2D eigenvalue weighted by Crippen LogP contribution is 2.21. The van der Waals surface area contributed by atoms with E-state index >= 15 is 0 Å². The lowest BCUT2D eigenvalue weighted by molar-refractivity contribution is 0.0240. The molecule has 1 aliphatic rings. The number of halogens is 1. The molecule has 1 saturated heterocycles. The number of nitrogens with zero attached hydrogens (tertiary/aromatic N) is 4. The molecule has 0 atom stereocenters. The zero-order chi connectivity index (χ0) is 17.0. The summed E-state index contributed by atoms with van der Waals surface area (Å²) in [5.41, 5.74) is -0.485. The van der Waals surface area contributed by atoms with Crippen LogP contribution in [0.15, 0.2) is 6.07 Å². The Bertz CT molecular complexity index is 554. The first-order valence-corrected chi connectivity index (χ1v) is 8.06. The Kier molecular flexibility index (Phi) is 5.51. The molecule has 1 aromatic rings. The lowest BCUT2D eigenvalue weighted by atomic mass is 10.2. The van der Waals surface area contributed by atoms with Gasteiger partial charge in [-0.3, -0.25) is 0 Å². The Morgan fingerprint density at radius 2 is 1.91 bits per heavy atom. The van der Waals surface area contributed by atoms with E-state index in [4.69, 9.17) is 21.1 Å². The van der Waals surface area contributed by atoms with Gasteiger partial charge in [-0.15, -0.1) is 0 Å². The SMILES string of the molecule is CCOc1nc(Cl)cc(N2CCN(C(=O)OC(C)(C)C)CC2)n1. The summed E-state index contributed by atoms with van der Waals surface area (Å²) in [5.74, 6) is 0.706. The molecule has 0 unspecified atom stereocenters. The van der Waals surface area contributed by atoms with Gasteiger partial charge in [-0.1, -0.05) is 11.6 Å². The number of piperazine rings is 1. The smallest absolute Gasteiger partial charge is 0.410 e. The Hall–Kier alpha value is -1.76. The number of carbonyl (C=O) groups excluding carboxylic acids is 1. The molecule has 23 heavy (non-hydrogen) atoms. The molecule has 0 spiro atoms. The Labute approximate surface area is 141 Å². The molecule has 1 aliphatic heterocycles. The van der Waals surface area contributed by atoms with Gasteiger partial charge >= 0.3 is 12.1 Å². The summed E-state index contributed by atoms with van der Waals surface area (Å²) >= 11 is 6.01. The zero-order valence-corrected chi connectivity index (χ0v) is 14.8. The van der Waals surface area contributed by atoms with Crippen molar-refractivity contribution in [1.82, 2.24) is 14.9 Å². The third-order valence-corrected chi connectivity index (χ3v) is 3.38. The topological polar surface area (TPSA) is 67.8 Å². The molecule has 0 saturated carbocycles. The fourth-order valence-corrected chi connectivity index (χ4v) is 2.36. The molecule has 0 aliphatic carbocycles. The van der Waals surface area contributed by atoms with Crippen LogP contribution in [0.1, 0.15) is 27.7 Å². The molecule has 1 amide bonds. The van der Waals surface area contributed by atoms with E-state index < -0.39 is 5.60 Å². The van der Waals surface area contributed by atoms with Crippen LogP contribution in [-0.2, 0) is 4.74 Å². The van der Waals surface area contributed by atoms with Gasteiger partial charge < -0.3 is 19.3 Å². The minimum Gasteiger partial charge on any atom is -0.464 e. The molecule has 2 heterocycles. The normalized spacial score (nSPS) is 15.5. The van der Waals surface area contributed by atoms with Crippen molar-refractivity contribution in [3.8, 4) is 6.01 Å². The summed E-state index contributed by atoms with van der Waals surface area (Å²) in [5, 5.41) is 0.341. The summed E-state index contributed by atoms with van der Waals surface area (Å²) in [6.45, 7) is 10.4. The van der Waals surface area contributed by atoms with Crippen LogP contribution in [0.2, 0.25) is 5.15 Å². The standard InChI is InChI=1S/C15H23ClN4O3/c1-5-22-13-17-11(16)10-12(18-13)19-6-8-20(9-7-19)14(21)23-15(2,3)4/h10H,5-9H2,1-4H3. The lowest BCUT2D eigenvalue weighted by Crippen LogP contribution is -2.50. The van der Waals surface area contributed by atoms with Gasteiger partial charge in [-0.25, -0.2) is 4.79 Å². The minimum absolute atomic E-state index is 0.268. The van der Waals surface area contributed by atoms with Crippen LogP contribution in [0.4, 0.5) is 10.6 Å². The maximum atomic E-state index is 12.1. The second kappa shape index (κ2) is 7.21. The second-order valence-electron chi connectivity index (χ2n) is 6.22. The van der Waals surface area contributed by atoms with E-state index in [1.54, 1.807) is 11.0 Å². The molecule has 128 valence electrons. The highest BCUT2D eigenvalue weighted by atomic mass is 35.5. The van der Waals surface area contributed by atoms with E-state index in [0.717, 1.165) is 0 Å². The van der Waals surface area contributed by atoms with Gasteiger partial charge in [0.15, 0.2) is 0 Å². The maximum Gasteiger partial charge on any atom is 0.410 e. The van der Waals surface area contributed by atoms with Gasteiger partial charge in [-0.2, -0.15) is 9.97 Å². The molecular formula is C15H23ClN4O3. The lowest BCUT2D eigenvalue weighted by Gasteiger charge is -2.36. The quantitative estimate of drug-likeness (QED) is 0.786. The molecule has 7 nitrogen and oxygen atoms in total. The third-order valence-electron chi connectivity index (χ3n) is 3.19. The van der Waals surface area contributed by atoms with E-state index in [1.807, 2.05) is 27.7 Å². The van der Waals surface area contributed by atoms with E-state index in [-0.39, 0.29) is 12.1 Å². The molecule has 2 rings (SSSR count). The molecule has 0 N–H and O–H groups in total. The molecule has 8 heteroatoms. The van der Waals surface area contributed by atoms with Crippen LogP contribution in [0.5, 0.6) is 6.01 Å². The van der Waals surface area contributed by atoms with Crippen molar-refractivity contribution < 1.29 is 14.3 Å². The predicted octanol–water partition coefficient (Wildman–Crippen LogP) is 2.59. The summed E-state index contributed by atoms with van der Waals surface area (Å²) in [6, 6.07) is 1.97. The average molecular weight is 343 g/mol. The number of rotatable bonds is 3. The summed E-state index contributed by atoms with van der Waals surface area (Å²) < 4.78 is 10.7. The van der Waals surface area contributed by atoms with Crippen molar-refractivity contribution in [2.24, 2.45) is 0 Å². The molecule has 1 aromatic heterocycles. The van der Waals surface area contributed by atoms with Gasteiger partial charge in [0.25, 0.3) is 0 Å². The van der Waals surface area contributed by atoms with Crippen LogP contribution < -0.4 is 9.64 Å². The van der Waals surface area contributed by atoms with Gasteiger partial charge in [0, 0.05) is 32.2 Å². The van der Waals surface area contributed by atoms with Crippen molar-refractivity contribution in [1.29, 1.82) is 0 Å². The average Bonchev–Trinajstić information content (AvgIpc) is 2.45. The number of anilines is 1. The van der Waals surface area contributed by atoms with E-state index in [1.165, 1.54) is 0 Å². The Balaban J connectivity index is 1.98. The molecule has 0 radical (unpaired) electrons. The molecule has 0 bridgehead atoms. The Morgan fingerprint density at radius 3 is 2.48 bits per heavy atom. The highest BCUT2D eigenvalue weighted by Gasteiger charge is 2.26. The van der Waals surface area contributed by atoms with E-state index in [2.05, 4.69) is 14.9 Å². The first kappa shape index (κ1) is 17.6. The van der Waals surface area contributed by atoms with Gasteiger partial charge in [-0.05, 0) is 27.7 Å². The first-order valence-electron chi connectivity index (χ1n) is 7.69. The molecular weight excluding hydrogens is 320 g/mol. The fourth-order valence-electron chi connectivity index (χ4n) is 2.19. The summed E-state index contributed by atoms with van der Waals surface area (Å²) in [7, 11) is 0. The summed E-state index contributed by atoms with van der Waals surface area (Å²) in [6.07, 6.45) is -0.284. The zero-order valence-electron chi connectivity index (χ0n) is 14.0. The number of carbonyl (C=O) groups is 1. The van der Waals surface area contributed by atoms with Crippen molar-refractivity contribution >= 4 is 23.5 Å². The molecule has 0 aromatic carbocycles.